The highest BCUT2D eigenvalue weighted by Gasteiger charge is 2.23. The average molecular weight is 274 g/mol. The summed E-state index contributed by atoms with van der Waals surface area (Å²) in [4.78, 5) is 10.7. The molecule has 0 aliphatic heterocycles. The summed E-state index contributed by atoms with van der Waals surface area (Å²) in [5.41, 5.74) is -1.58. The van der Waals surface area contributed by atoms with E-state index >= 15 is 0 Å². The minimum absolute atomic E-state index is 0.0141. The highest BCUT2D eigenvalue weighted by Crippen LogP contribution is 2.24. The summed E-state index contributed by atoms with van der Waals surface area (Å²) in [7, 11) is 0. The van der Waals surface area contributed by atoms with Crippen LogP contribution in [-0.4, -0.2) is 20.9 Å². The lowest BCUT2D eigenvalue weighted by molar-refractivity contribution is 0.0690. The number of carbonyl (C=O) groups is 1. The molecule has 0 aliphatic carbocycles. The second-order valence-corrected chi connectivity index (χ2v) is 3.70. The van der Waals surface area contributed by atoms with Crippen molar-refractivity contribution in [2.24, 2.45) is 0 Å². The molecule has 0 saturated carbocycles. The fourth-order valence-corrected chi connectivity index (χ4v) is 1.55. The van der Waals surface area contributed by atoms with Gasteiger partial charge in [-0.2, -0.15) is 5.10 Å². The zero-order chi connectivity index (χ0) is 14.3. The van der Waals surface area contributed by atoms with Crippen molar-refractivity contribution in [3.8, 4) is 5.69 Å². The van der Waals surface area contributed by atoms with Crippen molar-refractivity contribution in [2.75, 3.05) is 0 Å². The molecule has 0 atom stereocenters. The first-order chi connectivity index (χ1) is 8.82. The molecule has 100 valence electrons. The van der Waals surface area contributed by atoms with E-state index in [4.69, 9.17) is 5.11 Å². The lowest BCUT2D eigenvalue weighted by atomic mass is 10.2. The first-order valence-electron chi connectivity index (χ1n) is 4.96. The Morgan fingerprint density at radius 1 is 1.16 bits per heavy atom. The van der Waals surface area contributed by atoms with Gasteiger partial charge in [0.25, 0.3) is 0 Å². The number of rotatable bonds is 2. The molecule has 2 rings (SSSR count). The zero-order valence-electron chi connectivity index (χ0n) is 9.42. The van der Waals surface area contributed by atoms with E-state index in [0.29, 0.717) is 4.68 Å². The van der Waals surface area contributed by atoms with Gasteiger partial charge in [-0.1, -0.05) is 0 Å². The number of halogens is 4. The van der Waals surface area contributed by atoms with Crippen LogP contribution in [0.2, 0.25) is 0 Å². The smallest absolute Gasteiger partial charge is 0.356 e. The Balaban J connectivity index is 2.75. The molecule has 8 heteroatoms. The van der Waals surface area contributed by atoms with E-state index in [-0.39, 0.29) is 11.8 Å². The van der Waals surface area contributed by atoms with Crippen LogP contribution >= 0.6 is 0 Å². The number of carboxylic acids is 1. The van der Waals surface area contributed by atoms with Gasteiger partial charge in [0, 0.05) is 11.8 Å². The monoisotopic (exact) mass is 274 g/mol. The largest absolute Gasteiger partial charge is 0.476 e. The first kappa shape index (κ1) is 13.1. The Kier molecular flexibility index (Phi) is 3.01. The molecular formula is C11H6F4N2O2. The van der Waals surface area contributed by atoms with Gasteiger partial charge in [-0.25, -0.2) is 27.0 Å². The number of hydrogen-bond donors (Lipinski definition) is 1. The molecular weight excluding hydrogens is 268 g/mol. The molecule has 4 nitrogen and oxygen atoms in total. The lowest BCUT2D eigenvalue weighted by Crippen LogP contribution is -2.10. The molecule has 0 saturated heterocycles. The van der Waals surface area contributed by atoms with Gasteiger partial charge in [-0.05, 0) is 13.0 Å². The molecule has 0 amide bonds. The fourth-order valence-electron chi connectivity index (χ4n) is 1.55. The van der Waals surface area contributed by atoms with Gasteiger partial charge in [0.1, 0.15) is 5.69 Å². The summed E-state index contributed by atoms with van der Waals surface area (Å²) in [5, 5.41) is 12.1. The van der Waals surface area contributed by atoms with Crippen molar-refractivity contribution < 1.29 is 27.5 Å². The maximum atomic E-state index is 13.5. The SMILES string of the molecule is Cc1cc(C(=O)O)nn1-c1c(F)c(F)cc(F)c1F. The second-order valence-electron chi connectivity index (χ2n) is 3.70. The molecule has 0 unspecified atom stereocenters. The van der Waals surface area contributed by atoms with E-state index in [0.717, 1.165) is 6.07 Å². The Morgan fingerprint density at radius 3 is 2.11 bits per heavy atom. The van der Waals surface area contributed by atoms with E-state index in [2.05, 4.69) is 5.10 Å². The molecule has 1 N–H and O–H groups in total. The normalized spacial score (nSPS) is 10.8. The molecule has 19 heavy (non-hydrogen) atoms. The predicted molar refractivity (Wildman–Crippen MR) is 55.1 cm³/mol. The molecule has 0 fully saturated rings. The fraction of sp³-hybridized carbons (Fsp3) is 0.0909. The highest BCUT2D eigenvalue weighted by molar-refractivity contribution is 5.85. The van der Waals surface area contributed by atoms with Crippen LogP contribution in [-0.2, 0) is 0 Å². The van der Waals surface area contributed by atoms with Crippen LogP contribution in [0.4, 0.5) is 17.6 Å². The van der Waals surface area contributed by atoms with Gasteiger partial charge in [0.2, 0.25) is 0 Å². The number of hydrogen-bond acceptors (Lipinski definition) is 2. The zero-order valence-corrected chi connectivity index (χ0v) is 9.42. The lowest BCUT2D eigenvalue weighted by Gasteiger charge is -2.08. The average Bonchev–Trinajstić information content (AvgIpc) is 2.70. The summed E-state index contributed by atoms with van der Waals surface area (Å²) in [6, 6.07) is 1.08. The molecule has 2 aromatic rings. The summed E-state index contributed by atoms with van der Waals surface area (Å²) in [5.74, 6) is -7.93. The third-order valence-corrected chi connectivity index (χ3v) is 2.41. The van der Waals surface area contributed by atoms with Crippen LogP contribution in [0, 0.1) is 30.2 Å². The van der Waals surface area contributed by atoms with Gasteiger partial charge in [0.15, 0.2) is 29.0 Å². The number of aryl methyl sites for hydroxylation is 1. The molecule has 1 aromatic heterocycles. The van der Waals surface area contributed by atoms with E-state index in [1.807, 2.05) is 0 Å². The van der Waals surface area contributed by atoms with Gasteiger partial charge in [-0.15, -0.1) is 0 Å². The minimum atomic E-state index is -1.65. The van der Waals surface area contributed by atoms with Crippen molar-refractivity contribution in [3.05, 3.63) is 46.8 Å². The number of aromatic nitrogens is 2. The molecule has 0 aliphatic rings. The maximum absolute atomic E-state index is 13.5. The molecule has 0 spiro atoms. The van der Waals surface area contributed by atoms with E-state index < -0.39 is 40.6 Å². The predicted octanol–water partition coefficient (Wildman–Crippen LogP) is 2.44. The van der Waals surface area contributed by atoms with E-state index in [1.54, 1.807) is 0 Å². The van der Waals surface area contributed by atoms with Crippen LogP contribution in [0.5, 0.6) is 0 Å². The van der Waals surface area contributed by atoms with Crippen molar-refractivity contribution in [1.82, 2.24) is 9.78 Å². The van der Waals surface area contributed by atoms with Crippen LogP contribution in [0.1, 0.15) is 16.2 Å². The second kappa shape index (κ2) is 4.38. The topological polar surface area (TPSA) is 55.1 Å². The number of benzene rings is 1. The van der Waals surface area contributed by atoms with E-state index in [9.17, 15) is 22.4 Å². The third-order valence-electron chi connectivity index (χ3n) is 2.41. The van der Waals surface area contributed by atoms with Gasteiger partial charge >= 0.3 is 5.97 Å². The minimum Gasteiger partial charge on any atom is -0.476 e. The van der Waals surface area contributed by atoms with Gasteiger partial charge in [0.05, 0.1) is 0 Å². The van der Waals surface area contributed by atoms with Crippen LogP contribution < -0.4 is 0 Å². The molecule has 1 heterocycles. The van der Waals surface area contributed by atoms with Crippen LogP contribution in [0.25, 0.3) is 5.69 Å². The van der Waals surface area contributed by atoms with Crippen molar-refractivity contribution in [2.45, 2.75) is 6.92 Å². The van der Waals surface area contributed by atoms with Gasteiger partial charge < -0.3 is 5.11 Å². The van der Waals surface area contributed by atoms with Crippen molar-refractivity contribution in [3.63, 3.8) is 0 Å². The Morgan fingerprint density at radius 2 is 1.68 bits per heavy atom. The van der Waals surface area contributed by atoms with Crippen LogP contribution in [0.3, 0.4) is 0 Å². The number of nitrogens with zero attached hydrogens (tertiary/aromatic N) is 2. The highest BCUT2D eigenvalue weighted by atomic mass is 19.2. The molecule has 1 aromatic carbocycles. The Bertz CT molecular complexity index is 656. The quantitative estimate of drug-likeness (QED) is 0.676. The number of aromatic carboxylic acids is 1. The maximum Gasteiger partial charge on any atom is 0.356 e. The summed E-state index contributed by atoms with van der Waals surface area (Å²) in [6.07, 6.45) is 0. The van der Waals surface area contributed by atoms with E-state index in [1.165, 1.54) is 6.92 Å². The standard InChI is InChI=1S/C11H6F4N2O2/c1-4-2-7(11(18)19)16-17(4)10-8(14)5(12)3-6(13)9(10)15/h2-3H,1H3,(H,18,19). The van der Waals surface area contributed by atoms with Crippen LogP contribution in [0.15, 0.2) is 12.1 Å². The molecule has 0 bridgehead atoms. The third kappa shape index (κ3) is 2.05. The van der Waals surface area contributed by atoms with Crippen molar-refractivity contribution in [1.29, 1.82) is 0 Å². The number of carboxylic acid groups (broad SMARTS) is 1. The van der Waals surface area contributed by atoms with Gasteiger partial charge in [-0.3, -0.25) is 0 Å². The summed E-state index contributed by atoms with van der Waals surface area (Å²) >= 11 is 0. The van der Waals surface area contributed by atoms with Crippen molar-refractivity contribution >= 4 is 5.97 Å². The Hall–Kier alpha value is -2.38. The summed E-state index contributed by atoms with van der Waals surface area (Å²) in [6.45, 7) is 1.29. The Labute approximate surface area is 103 Å². The first-order valence-corrected chi connectivity index (χ1v) is 4.96. The summed E-state index contributed by atoms with van der Waals surface area (Å²) < 4.78 is 53.7. The molecule has 0 radical (unpaired) electrons.